The fourth-order valence-electron chi connectivity index (χ4n) is 1.75. The number of aromatic nitrogens is 1. The van der Waals surface area contributed by atoms with Gasteiger partial charge in [-0.2, -0.15) is 0 Å². The van der Waals surface area contributed by atoms with Gasteiger partial charge < -0.3 is 4.74 Å². The van der Waals surface area contributed by atoms with E-state index in [-0.39, 0.29) is 0 Å². The second-order valence-corrected chi connectivity index (χ2v) is 3.83. The Labute approximate surface area is 95.6 Å². The van der Waals surface area contributed by atoms with E-state index in [0.29, 0.717) is 6.61 Å². The van der Waals surface area contributed by atoms with E-state index in [9.17, 15) is 0 Å². The number of benzene rings is 1. The molecule has 0 aliphatic heterocycles. The lowest BCUT2D eigenvalue weighted by Crippen LogP contribution is -1.96. The van der Waals surface area contributed by atoms with Gasteiger partial charge in [-0.15, -0.1) is 0 Å². The predicted octanol–water partition coefficient (Wildman–Crippen LogP) is 3.42. The summed E-state index contributed by atoms with van der Waals surface area (Å²) in [4.78, 5) is 4.54. The molecule has 0 unspecified atom stereocenters. The number of rotatable bonds is 3. The second-order valence-electron chi connectivity index (χ2n) is 3.83. The molecule has 2 aromatic rings. The summed E-state index contributed by atoms with van der Waals surface area (Å²) in [6, 6.07) is 8.08. The largest absolute Gasteiger partial charge is 0.489 e. The van der Waals surface area contributed by atoms with Gasteiger partial charge in [0.15, 0.2) is 0 Å². The van der Waals surface area contributed by atoms with Crippen molar-refractivity contribution in [3.05, 3.63) is 48.2 Å². The number of aryl methyl sites for hydroxylation is 2. The van der Waals surface area contributed by atoms with Crippen molar-refractivity contribution in [2.45, 2.75) is 13.8 Å². The molecular formula is C14H15NO. The molecule has 0 radical (unpaired) electrons. The Morgan fingerprint density at radius 1 is 1.38 bits per heavy atom. The number of nitrogens with zero attached hydrogens (tertiary/aromatic N) is 1. The average Bonchev–Trinajstić information content (AvgIpc) is 2.27. The highest BCUT2D eigenvalue weighted by Gasteiger charge is 2.06. The molecule has 82 valence electrons. The fraction of sp³-hybridized carbons (Fsp3) is 0.214. The van der Waals surface area contributed by atoms with E-state index < -0.39 is 0 Å². The summed E-state index contributed by atoms with van der Waals surface area (Å²) in [7, 11) is 0. The Morgan fingerprint density at radius 2 is 2.19 bits per heavy atom. The van der Waals surface area contributed by atoms with Crippen LogP contribution in [0.25, 0.3) is 10.9 Å². The third kappa shape index (κ3) is 1.91. The number of para-hydroxylation sites is 1. The summed E-state index contributed by atoms with van der Waals surface area (Å²) in [6.07, 6.45) is 1.75. The summed E-state index contributed by atoms with van der Waals surface area (Å²) in [5, 5.41) is 1.06. The zero-order valence-corrected chi connectivity index (χ0v) is 9.66. The van der Waals surface area contributed by atoms with Gasteiger partial charge in [0.25, 0.3) is 0 Å². The Hall–Kier alpha value is -1.83. The standard InChI is InChI=1S/C14H15NO/c1-4-8-16-13-9-11(3)15-14-10(2)6-5-7-12(13)14/h4-7,9H,1,8H2,2-3H3. The minimum atomic E-state index is 0.520. The van der Waals surface area contributed by atoms with Gasteiger partial charge >= 0.3 is 0 Å². The first-order valence-corrected chi connectivity index (χ1v) is 5.33. The van der Waals surface area contributed by atoms with Gasteiger partial charge in [-0.3, -0.25) is 4.98 Å². The lowest BCUT2D eigenvalue weighted by molar-refractivity contribution is 0.367. The van der Waals surface area contributed by atoms with Crippen molar-refractivity contribution < 1.29 is 4.74 Å². The third-order valence-corrected chi connectivity index (χ3v) is 2.49. The van der Waals surface area contributed by atoms with Crippen molar-refractivity contribution in [1.29, 1.82) is 0 Å². The molecule has 0 saturated carbocycles. The van der Waals surface area contributed by atoms with E-state index in [1.165, 1.54) is 5.56 Å². The van der Waals surface area contributed by atoms with Crippen LogP contribution in [0.1, 0.15) is 11.3 Å². The zero-order chi connectivity index (χ0) is 11.5. The number of hydrogen-bond donors (Lipinski definition) is 0. The molecule has 0 spiro atoms. The molecule has 2 rings (SSSR count). The monoisotopic (exact) mass is 213 g/mol. The summed E-state index contributed by atoms with van der Waals surface area (Å²) in [5.74, 6) is 0.881. The molecule has 1 aromatic carbocycles. The third-order valence-electron chi connectivity index (χ3n) is 2.49. The van der Waals surface area contributed by atoms with E-state index in [2.05, 4.69) is 24.6 Å². The van der Waals surface area contributed by atoms with Crippen molar-refractivity contribution in [2.75, 3.05) is 6.61 Å². The Morgan fingerprint density at radius 3 is 2.94 bits per heavy atom. The van der Waals surface area contributed by atoms with Crippen LogP contribution in [0.4, 0.5) is 0 Å². The van der Waals surface area contributed by atoms with Crippen molar-refractivity contribution in [3.63, 3.8) is 0 Å². The van der Waals surface area contributed by atoms with Crippen LogP contribution in [-0.4, -0.2) is 11.6 Å². The Kier molecular flexibility index (Phi) is 2.91. The Bertz CT molecular complexity index is 531. The van der Waals surface area contributed by atoms with Gasteiger partial charge in [-0.1, -0.05) is 24.8 Å². The second kappa shape index (κ2) is 4.35. The topological polar surface area (TPSA) is 22.1 Å². The summed E-state index contributed by atoms with van der Waals surface area (Å²) in [6.45, 7) is 8.22. The van der Waals surface area contributed by atoms with Crippen LogP contribution in [0.15, 0.2) is 36.9 Å². The summed E-state index contributed by atoms with van der Waals surface area (Å²) < 4.78 is 5.65. The molecule has 2 nitrogen and oxygen atoms in total. The molecular weight excluding hydrogens is 198 g/mol. The molecule has 0 N–H and O–H groups in total. The van der Waals surface area contributed by atoms with E-state index in [4.69, 9.17) is 4.74 Å². The van der Waals surface area contributed by atoms with Gasteiger partial charge in [0.2, 0.25) is 0 Å². The zero-order valence-electron chi connectivity index (χ0n) is 9.66. The van der Waals surface area contributed by atoms with E-state index in [1.807, 2.05) is 25.1 Å². The molecule has 0 bridgehead atoms. The molecule has 16 heavy (non-hydrogen) atoms. The number of hydrogen-bond acceptors (Lipinski definition) is 2. The number of pyridine rings is 1. The van der Waals surface area contributed by atoms with E-state index in [1.54, 1.807) is 6.08 Å². The van der Waals surface area contributed by atoms with Crippen molar-refractivity contribution in [3.8, 4) is 5.75 Å². The van der Waals surface area contributed by atoms with Crippen LogP contribution in [0, 0.1) is 13.8 Å². The van der Waals surface area contributed by atoms with Crippen molar-refractivity contribution in [2.24, 2.45) is 0 Å². The first kappa shape index (κ1) is 10.7. The minimum absolute atomic E-state index is 0.520. The van der Waals surface area contributed by atoms with Crippen LogP contribution in [0.2, 0.25) is 0 Å². The van der Waals surface area contributed by atoms with Crippen LogP contribution in [0.3, 0.4) is 0 Å². The highest BCUT2D eigenvalue weighted by molar-refractivity contribution is 5.87. The van der Waals surface area contributed by atoms with Gasteiger partial charge in [-0.25, -0.2) is 0 Å². The van der Waals surface area contributed by atoms with Crippen LogP contribution in [-0.2, 0) is 0 Å². The normalized spacial score (nSPS) is 10.4. The molecule has 2 heteroatoms. The van der Waals surface area contributed by atoms with Gasteiger partial charge in [-0.05, 0) is 25.5 Å². The lowest BCUT2D eigenvalue weighted by atomic mass is 10.1. The summed E-state index contributed by atoms with van der Waals surface area (Å²) >= 11 is 0. The lowest BCUT2D eigenvalue weighted by Gasteiger charge is -2.09. The maximum Gasteiger partial charge on any atom is 0.130 e. The quantitative estimate of drug-likeness (QED) is 0.729. The van der Waals surface area contributed by atoms with Crippen molar-refractivity contribution >= 4 is 10.9 Å². The average molecular weight is 213 g/mol. The van der Waals surface area contributed by atoms with Crippen LogP contribution < -0.4 is 4.74 Å². The minimum Gasteiger partial charge on any atom is -0.489 e. The van der Waals surface area contributed by atoms with Crippen molar-refractivity contribution in [1.82, 2.24) is 4.98 Å². The molecule has 0 amide bonds. The Balaban J connectivity index is 2.63. The smallest absolute Gasteiger partial charge is 0.130 e. The van der Waals surface area contributed by atoms with E-state index >= 15 is 0 Å². The van der Waals surface area contributed by atoms with Gasteiger partial charge in [0.1, 0.15) is 12.4 Å². The van der Waals surface area contributed by atoms with E-state index in [0.717, 1.165) is 22.3 Å². The summed E-state index contributed by atoms with van der Waals surface area (Å²) in [5.41, 5.74) is 3.16. The molecule has 0 aliphatic rings. The molecule has 0 fully saturated rings. The van der Waals surface area contributed by atoms with Crippen LogP contribution in [0.5, 0.6) is 5.75 Å². The molecule has 0 aliphatic carbocycles. The highest BCUT2D eigenvalue weighted by atomic mass is 16.5. The maximum atomic E-state index is 5.65. The SMILES string of the molecule is C=CCOc1cc(C)nc2c(C)cccc12. The molecule has 1 aromatic heterocycles. The highest BCUT2D eigenvalue weighted by Crippen LogP contribution is 2.27. The van der Waals surface area contributed by atoms with Gasteiger partial charge in [0, 0.05) is 17.1 Å². The first-order chi connectivity index (χ1) is 7.72. The van der Waals surface area contributed by atoms with Gasteiger partial charge in [0.05, 0.1) is 5.52 Å². The predicted molar refractivity (Wildman–Crippen MR) is 66.9 cm³/mol. The molecule has 0 saturated heterocycles. The molecule has 0 atom stereocenters. The van der Waals surface area contributed by atoms with Crippen LogP contribution >= 0.6 is 0 Å². The first-order valence-electron chi connectivity index (χ1n) is 5.33. The fourth-order valence-corrected chi connectivity index (χ4v) is 1.75. The molecule has 1 heterocycles. The maximum absolute atomic E-state index is 5.65. The number of ether oxygens (including phenoxy) is 1. The number of fused-ring (bicyclic) bond motifs is 1.